The van der Waals surface area contributed by atoms with Gasteiger partial charge < -0.3 is 14.8 Å². The van der Waals surface area contributed by atoms with Gasteiger partial charge in [0.25, 0.3) is 5.91 Å². The Balaban J connectivity index is 1.49. The summed E-state index contributed by atoms with van der Waals surface area (Å²) in [7, 11) is 0. The van der Waals surface area contributed by atoms with Gasteiger partial charge in [0.1, 0.15) is 11.9 Å². The van der Waals surface area contributed by atoms with E-state index in [9.17, 15) is 9.18 Å². The molecular weight excluding hydrogens is 273 g/mol. The van der Waals surface area contributed by atoms with Crippen molar-refractivity contribution in [1.29, 1.82) is 0 Å². The lowest BCUT2D eigenvalue weighted by atomic mass is 9.94. The van der Waals surface area contributed by atoms with Gasteiger partial charge in [-0.25, -0.2) is 4.39 Å². The second-order valence-corrected chi connectivity index (χ2v) is 5.74. The zero-order valence-corrected chi connectivity index (χ0v) is 11.9. The maximum atomic E-state index is 12.8. The molecule has 1 aliphatic carbocycles. The maximum absolute atomic E-state index is 12.8. The second-order valence-electron chi connectivity index (χ2n) is 5.74. The Labute approximate surface area is 123 Å². The highest BCUT2D eigenvalue weighted by Gasteiger charge is 2.42. The van der Waals surface area contributed by atoms with Crippen molar-refractivity contribution >= 4 is 5.91 Å². The highest BCUT2D eigenvalue weighted by Crippen LogP contribution is 2.37. The molecule has 0 unspecified atom stereocenters. The topological polar surface area (TPSA) is 47.6 Å². The van der Waals surface area contributed by atoms with Gasteiger partial charge >= 0.3 is 0 Å². The van der Waals surface area contributed by atoms with Crippen LogP contribution in [0.3, 0.4) is 0 Å². The molecule has 1 saturated carbocycles. The van der Waals surface area contributed by atoms with Crippen LogP contribution in [0.4, 0.5) is 4.39 Å². The summed E-state index contributed by atoms with van der Waals surface area (Å²) in [5.74, 6) is -0.981. The molecule has 1 aromatic carbocycles. The molecule has 5 heteroatoms. The molecule has 114 valence electrons. The van der Waals surface area contributed by atoms with Gasteiger partial charge in [-0.3, -0.25) is 4.79 Å². The third-order valence-electron chi connectivity index (χ3n) is 4.13. The summed E-state index contributed by atoms with van der Waals surface area (Å²) >= 11 is 0. The van der Waals surface area contributed by atoms with E-state index >= 15 is 0 Å². The minimum absolute atomic E-state index is 0.104. The summed E-state index contributed by atoms with van der Waals surface area (Å²) in [5.41, 5.74) is 0.447. The molecule has 4 nitrogen and oxygen atoms in total. The zero-order chi connectivity index (χ0) is 14.7. The smallest absolute Gasteiger partial charge is 0.251 e. The number of amides is 1. The number of nitrogens with one attached hydrogen (secondary N) is 1. The van der Waals surface area contributed by atoms with Crippen LogP contribution in [0.5, 0.6) is 0 Å². The summed E-state index contributed by atoms with van der Waals surface area (Å²) in [4.78, 5) is 12.0. The van der Waals surface area contributed by atoms with Gasteiger partial charge in [-0.2, -0.15) is 0 Å². The summed E-state index contributed by atoms with van der Waals surface area (Å²) in [6, 6.07) is 5.50. The van der Waals surface area contributed by atoms with Crippen molar-refractivity contribution < 1.29 is 18.7 Å². The number of carbonyl (C=O) groups is 1. The molecule has 0 radical (unpaired) electrons. The predicted octanol–water partition coefficient (Wildman–Crippen LogP) is 2.63. The highest BCUT2D eigenvalue weighted by atomic mass is 19.1. The van der Waals surface area contributed by atoms with Gasteiger partial charge in [-0.1, -0.05) is 6.42 Å². The molecule has 1 aromatic rings. The van der Waals surface area contributed by atoms with Gasteiger partial charge in [-0.05, 0) is 37.1 Å². The van der Waals surface area contributed by atoms with E-state index in [1.54, 1.807) is 0 Å². The van der Waals surface area contributed by atoms with Crippen LogP contribution in [0, 0.1) is 5.82 Å². The molecule has 1 atom stereocenters. The van der Waals surface area contributed by atoms with Crippen LogP contribution in [-0.2, 0) is 9.47 Å². The molecule has 3 rings (SSSR count). The Morgan fingerprint density at radius 2 is 1.95 bits per heavy atom. The number of hydrogen-bond acceptors (Lipinski definition) is 3. The molecule has 1 heterocycles. The van der Waals surface area contributed by atoms with Crippen LogP contribution in [0.15, 0.2) is 24.3 Å². The monoisotopic (exact) mass is 293 g/mol. The van der Waals surface area contributed by atoms with Crippen molar-refractivity contribution in [3.63, 3.8) is 0 Å². The fourth-order valence-corrected chi connectivity index (χ4v) is 2.98. The lowest BCUT2D eigenvalue weighted by Gasteiger charge is -2.31. The van der Waals surface area contributed by atoms with Crippen molar-refractivity contribution in [3.05, 3.63) is 35.6 Å². The first-order valence-electron chi connectivity index (χ1n) is 7.52. The largest absolute Gasteiger partial charge is 0.349 e. The highest BCUT2D eigenvalue weighted by molar-refractivity contribution is 5.94. The van der Waals surface area contributed by atoms with E-state index in [1.165, 1.54) is 30.7 Å². The third-order valence-corrected chi connectivity index (χ3v) is 4.13. The van der Waals surface area contributed by atoms with E-state index in [2.05, 4.69) is 5.32 Å². The fraction of sp³-hybridized carbons (Fsp3) is 0.562. The van der Waals surface area contributed by atoms with E-state index in [-0.39, 0.29) is 17.8 Å². The first-order valence-corrected chi connectivity index (χ1v) is 7.52. The van der Waals surface area contributed by atoms with Crippen molar-refractivity contribution in [2.24, 2.45) is 0 Å². The summed E-state index contributed by atoms with van der Waals surface area (Å²) < 4.78 is 24.6. The first kappa shape index (κ1) is 14.5. The normalized spacial score (nSPS) is 24.1. The average molecular weight is 293 g/mol. The Morgan fingerprint density at radius 1 is 1.24 bits per heavy atom. The minimum atomic E-state index is -0.413. The van der Waals surface area contributed by atoms with E-state index in [0.29, 0.717) is 18.7 Å². The molecule has 1 amide bonds. The van der Waals surface area contributed by atoms with Gasteiger partial charge in [0.05, 0.1) is 6.61 Å². The number of hydrogen-bond donors (Lipinski definition) is 1. The summed E-state index contributed by atoms with van der Waals surface area (Å²) in [6.07, 6.45) is 5.28. The Morgan fingerprint density at radius 3 is 2.67 bits per heavy atom. The lowest BCUT2D eigenvalue weighted by molar-refractivity contribution is -0.186. The van der Waals surface area contributed by atoms with E-state index < -0.39 is 5.79 Å². The van der Waals surface area contributed by atoms with E-state index in [4.69, 9.17) is 9.47 Å². The van der Waals surface area contributed by atoms with E-state index in [0.717, 1.165) is 25.7 Å². The third kappa shape index (κ3) is 3.41. The molecule has 1 aliphatic heterocycles. The van der Waals surface area contributed by atoms with Crippen molar-refractivity contribution in [3.8, 4) is 0 Å². The van der Waals surface area contributed by atoms with Crippen LogP contribution in [0.2, 0.25) is 0 Å². The number of rotatable bonds is 3. The Hall–Kier alpha value is -1.46. The fourth-order valence-electron chi connectivity index (χ4n) is 2.98. The standard InChI is InChI=1S/C16H20FNO3/c17-13-6-4-12(5-7-13)15(19)18-10-14-11-20-16(21-14)8-2-1-3-9-16/h4-7,14H,1-3,8-11H2,(H,18,19)/t14-/m0/s1. The maximum Gasteiger partial charge on any atom is 0.251 e. The Kier molecular flexibility index (Phi) is 4.22. The SMILES string of the molecule is O=C(NC[C@H]1COC2(CCCCC2)O1)c1ccc(F)cc1. The molecule has 0 aromatic heterocycles. The second kappa shape index (κ2) is 6.12. The van der Waals surface area contributed by atoms with Gasteiger partial charge in [0.2, 0.25) is 0 Å². The quantitative estimate of drug-likeness (QED) is 0.932. The van der Waals surface area contributed by atoms with Crippen molar-refractivity contribution in [1.82, 2.24) is 5.32 Å². The molecule has 2 fully saturated rings. The van der Waals surface area contributed by atoms with Crippen molar-refractivity contribution in [2.45, 2.75) is 44.0 Å². The molecule has 1 N–H and O–H groups in total. The zero-order valence-electron chi connectivity index (χ0n) is 11.9. The van der Waals surface area contributed by atoms with Crippen LogP contribution < -0.4 is 5.32 Å². The van der Waals surface area contributed by atoms with Gasteiger partial charge in [-0.15, -0.1) is 0 Å². The van der Waals surface area contributed by atoms with Crippen LogP contribution >= 0.6 is 0 Å². The first-order chi connectivity index (χ1) is 10.2. The molecule has 21 heavy (non-hydrogen) atoms. The van der Waals surface area contributed by atoms with Gasteiger partial charge in [0.15, 0.2) is 5.79 Å². The van der Waals surface area contributed by atoms with Crippen LogP contribution in [0.1, 0.15) is 42.5 Å². The molecule has 2 aliphatic rings. The molecule has 1 spiro atoms. The summed E-state index contributed by atoms with van der Waals surface area (Å²) in [6.45, 7) is 0.932. The number of ether oxygens (including phenoxy) is 2. The lowest BCUT2D eigenvalue weighted by Crippen LogP contribution is -2.37. The molecular formula is C16H20FNO3. The average Bonchev–Trinajstić information content (AvgIpc) is 2.89. The van der Waals surface area contributed by atoms with E-state index in [1.807, 2.05) is 0 Å². The predicted molar refractivity (Wildman–Crippen MR) is 75.4 cm³/mol. The number of benzene rings is 1. The molecule has 1 saturated heterocycles. The van der Waals surface area contributed by atoms with Crippen LogP contribution in [-0.4, -0.2) is 30.9 Å². The summed E-state index contributed by atoms with van der Waals surface area (Å²) in [5, 5.41) is 2.82. The number of carbonyl (C=O) groups excluding carboxylic acids is 1. The number of halogens is 1. The van der Waals surface area contributed by atoms with Crippen molar-refractivity contribution in [2.75, 3.05) is 13.2 Å². The van der Waals surface area contributed by atoms with Gasteiger partial charge in [0, 0.05) is 24.9 Å². The molecule has 0 bridgehead atoms. The minimum Gasteiger partial charge on any atom is -0.349 e. The Bertz CT molecular complexity index is 497. The van der Waals surface area contributed by atoms with Crippen LogP contribution in [0.25, 0.3) is 0 Å².